The van der Waals surface area contributed by atoms with Crippen LogP contribution in [0.2, 0.25) is 0 Å². The van der Waals surface area contributed by atoms with Crippen LogP contribution in [0.3, 0.4) is 0 Å². The van der Waals surface area contributed by atoms with Gasteiger partial charge in [-0.25, -0.2) is 4.39 Å². The summed E-state index contributed by atoms with van der Waals surface area (Å²) in [6, 6.07) is 6.96. The minimum atomic E-state index is -0.217. The minimum Gasteiger partial charge on any atom is -0.329 e. The number of halogens is 1. The topological polar surface area (TPSA) is 38.0 Å². The van der Waals surface area contributed by atoms with E-state index in [0.29, 0.717) is 13.0 Å². The number of nitrogens with two attached hydrogens (primary N) is 1. The molecule has 3 heteroatoms. The van der Waals surface area contributed by atoms with E-state index in [1.165, 1.54) is 31.7 Å². The molecule has 0 saturated heterocycles. The van der Waals surface area contributed by atoms with Gasteiger partial charge >= 0.3 is 0 Å². The van der Waals surface area contributed by atoms with Crippen LogP contribution in [0, 0.1) is 11.7 Å². The van der Waals surface area contributed by atoms with Crippen LogP contribution < -0.4 is 11.1 Å². The van der Waals surface area contributed by atoms with Gasteiger partial charge in [0.1, 0.15) is 5.82 Å². The van der Waals surface area contributed by atoms with E-state index in [2.05, 4.69) is 12.2 Å². The SMILES string of the molecule is CC(CN)(Cc1ccccc1F)NCCCC1CC1. The van der Waals surface area contributed by atoms with Crippen molar-refractivity contribution < 1.29 is 4.39 Å². The largest absolute Gasteiger partial charge is 0.329 e. The quantitative estimate of drug-likeness (QED) is 0.709. The first-order valence-corrected chi connectivity index (χ1v) is 7.31. The maximum Gasteiger partial charge on any atom is 0.126 e. The van der Waals surface area contributed by atoms with Crippen molar-refractivity contribution in [2.75, 3.05) is 13.1 Å². The van der Waals surface area contributed by atoms with Crippen LogP contribution in [-0.4, -0.2) is 18.6 Å². The van der Waals surface area contributed by atoms with Crippen molar-refractivity contribution in [3.63, 3.8) is 0 Å². The highest BCUT2D eigenvalue weighted by Crippen LogP contribution is 2.33. The number of benzene rings is 1. The lowest BCUT2D eigenvalue weighted by molar-refractivity contribution is 0.351. The molecule has 1 aliphatic rings. The van der Waals surface area contributed by atoms with E-state index in [1.54, 1.807) is 6.07 Å². The fraction of sp³-hybridized carbons (Fsp3) is 0.625. The highest BCUT2D eigenvalue weighted by molar-refractivity contribution is 5.20. The fourth-order valence-corrected chi connectivity index (χ4v) is 2.46. The Morgan fingerprint density at radius 1 is 1.37 bits per heavy atom. The second kappa shape index (κ2) is 6.49. The molecule has 1 saturated carbocycles. The Balaban J connectivity index is 1.83. The number of rotatable bonds is 8. The normalized spacial score (nSPS) is 18.3. The molecule has 0 radical (unpaired) electrons. The van der Waals surface area contributed by atoms with Crippen LogP contribution in [0.5, 0.6) is 0 Å². The first-order chi connectivity index (χ1) is 9.13. The van der Waals surface area contributed by atoms with E-state index in [9.17, 15) is 4.39 Å². The summed E-state index contributed by atoms with van der Waals surface area (Å²) < 4.78 is 13.7. The first-order valence-electron chi connectivity index (χ1n) is 7.31. The maximum absolute atomic E-state index is 13.7. The summed E-state index contributed by atoms with van der Waals surface area (Å²) >= 11 is 0. The summed E-state index contributed by atoms with van der Waals surface area (Å²) in [5, 5.41) is 3.51. The zero-order chi connectivity index (χ0) is 13.7. The molecule has 1 aromatic carbocycles. The number of hydrogen-bond donors (Lipinski definition) is 2. The summed E-state index contributed by atoms with van der Waals surface area (Å²) in [6.45, 7) is 3.57. The van der Waals surface area contributed by atoms with Crippen LogP contribution in [0.1, 0.15) is 38.2 Å². The molecule has 0 heterocycles. The van der Waals surface area contributed by atoms with Gasteiger partial charge in [0.15, 0.2) is 0 Å². The van der Waals surface area contributed by atoms with Crippen LogP contribution in [0.25, 0.3) is 0 Å². The molecule has 0 spiro atoms. The first kappa shape index (κ1) is 14.5. The molecule has 1 atom stereocenters. The molecule has 1 fully saturated rings. The smallest absolute Gasteiger partial charge is 0.126 e. The van der Waals surface area contributed by atoms with Gasteiger partial charge in [0, 0.05) is 12.1 Å². The Morgan fingerprint density at radius 2 is 2.11 bits per heavy atom. The van der Waals surface area contributed by atoms with Gasteiger partial charge in [0.25, 0.3) is 0 Å². The number of hydrogen-bond acceptors (Lipinski definition) is 2. The Bertz CT molecular complexity index is 403. The maximum atomic E-state index is 13.7. The van der Waals surface area contributed by atoms with Crippen molar-refractivity contribution in [3.8, 4) is 0 Å². The van der Waals surface area contributed by atoms with Crippen molar-refractivity contribution in [1.82, 2.24) is 5.32 Å². The molecule has 1 aliphatic carbocycles. The van der Waals surface area contributed by atoms with Gasteiger partial charge in [-0.05, 0) is 50.3 Å². The predicted molar refractivity (Wildman–Crippen MR) is 77.5 cm³/mol. The lowest BCUT2D eigenvalue weighted by Crippen LogP contribution is -2.50. The third kappa shape index (κ3) is 4.59. The lowest BCUT2D eigenvalue weighted by Gasteiger charge is -2.30. The van der Waals surface area contributed by atoms with Gasteiger partial charge in [-0.15, -0.1) is 0 Å². The van der Waals surface area contributed by atoms with E-state index in [0.717, 1.165) is 18.0 Å². The second-order valence-electron chi connectivity index (χ2n) is 6.05. The van der Waals surface area contributed by atoms with Crippen LogP contribution in [0.4, 0.5) is 4.39 Å². The molecule has 0 amide bonds. The van der Waals surface area contributed by atoms with Crippen LogP contribution >= 0.6 is 0 Å². The molecule has 0 aromatic heterocycles. The van der Waals surface area contributed by atoms with Crippen LogP contribution in [0.15, 0.2) is 24.3 Å². The number of nitrogens with one attached hydrogen (secondary N) is 1. The van der Waals surface area contributed by atoms with Crippen molar-refractivity contribution >= 4 is 0 Å². The molecule has 106 valence electrons. The zero-order valence-electron chi connectivity index (χ0n) is 11.8. The molecule has 3 N–H and O–H groups in total. The average molecular weight is 264 g/mol. The van der Waals surface area contributed by atoms with Gasteiger partial charge in [-0.2, -0.15) is 0 Å². The van der Waals surface area contributed by atoms with E-state index < -0.39 is 0 Å². The summed E-state index contributed by atoms with van der Waals surface area (Å²) in [6.07, 6.45) is 5.96. The van der Waals surface area contributed by atoms with Crippen molar-refractivity contribution in [2.45, 2.75) is 44.6 Å². The Morgan fingerprint density at radius 3 is 2.74 bits per heavy atom. The van der Waals surface area contributed by atoms with Gasteiger partial charge < -0.3 is 11.1 Å². The lowest BCUT2D eigenvalue weighted by atomic mass is 9.92. The van der Waals surface area contributed by atoms with Gasteiger partial charge in [-0.1, -0.05) is 31.0 Å². The van der Waals surface area contributed by atoms with Crippen molar-refractivity contribution in [3.05, 3.63) is 35.6 Å². The van der Waals surface area contributed by atoms with E-state index in [1.807, 2.05) is 12.1 Å². The molecular weight excluding hydrogens is 239 g/mol. The highest BCUT2D eigenvalue weighted by atomic mass is 19.1. The molecule has 0 bridgehead atoms. The van der Waals surface area contributed by atoms with Crippen molar-refractivity contribution in [2.24, 2.45) is 11.7 Å². The third-order valence-electron chi connectivity index (χ3n) is 4.03. The third-order valence-corrected chi connectivity index (χ3v) is 4.03. The van der Waals surface area contributed by atoms with Gasteiger partial charge in [0.05, 0.1) is 0 Å². The Labute approximate surface area is 115 Å². The summed E-state index contributed by atoms with van der Waals surface area (Å²) in [5.41, 5.74) is 6.40. The molecular formula is C16H25FN2. The molecule has 2 nitrogen and oxygen atoms in total. The van der Waals surface area contributed by atoms with E-state index in [-0.39, 0.29) is 11.4 Å². The summed E-state index contributed by atoms with van der Waals surface area (Å²) in [7, 11) is 0. The standard InChI is InChI=1S/C16H25FN2/c1-16(12-18,19-10-4-5-13-8-9-13)11-14-6-2-3-7-15(14)17/h2-3,6-7,13,19H,4-5,8-12,18H2,1H3. The van der Waals surface area contributed by atoms with Gasteiger partial charge in [-0.3, -0.25) is 0 Å². The fourth-order valence-electron chi connectivity index (χ4n) is 2.46. The van der Waals surface area contributed by atoms with Crippen LogP contribution in [-0.2, 0) is 6.42 Å². The summed E-state index contributed by atoms with van der Waals surface area (Å²) in [5.74, 6) is 0.833. The second-order valence-corrected chi connectivity index (χ2v) is 6.05. The van der Waals surface area contributed by atoms with E-state index in [4.69, 9.17) is 5.73 Å². The Hall–Kier alpha value is -0.930. The zero-order valence-corrected chi connectivity index (χ0v) is 11.8. The monoisotopic (exact) mass is 264 g/mol. The molecule has 2 rings (SSSR count). The molecule has 19 heavy (non-hydrogen) atoms. The summed E-state index contributed by atoms with van der Waals surface area (Å²) in [4.78, 5) is 0. The minimum absolute atomic E-state index is 0.137. The average Bonchev–Trinajstić information content (AvgIpc) is 3.22. The van der Waals surface area contributed by atoms with Gasteiger partial charge in [0.2, 0.25) is 0 Å². The van der Waals surface area contributed by atoms with E-state index >= 15 is 0 Å². The highest BCUT2D eigenvalue weighted by Gasteiger charge is 2.24. The Kier molecular flexibility index (Phi) is 4.94. The van der Waals surface area contributed by atoms with Crippen molar-refractivity contribution in [1.29, 1.82) is 0 Å². The molecule has 1 aromatic rings. The molecule has 0 aliphatic heterocycles. The molecule has 1 unspecified atom stereocenters. The predicted octanol–water partition coefficient (Wildman–Crippen LogP) is 2.87.